The number of hydrogen-bond donors (Lipinski definition) is 2. The first-order valence-electron chi connectivity index (χ1n) is 6.76. The SMILES string of the molecule is CNCc1scc(C)c1S(=O)(=O)NCCC1CCC1. The average molecular weight is 302 g/mol. The zero-order valence-electron chi connectivity index (χ0n) is 11.5. The van der Waals surface area contributed by atoms with Crippen molar-refractivity contribution < 1.29 is 8.42 Å². The van der Waals surface area contributed by atoms with E-state index in [2.05, 4.69) is 10.0 Å². The van der Waals surface area contributed by atoms with Crippen molar-refractivity contribution in [3.05, 3.63) is 15.8 Å². The molecule has 0 spiro atoms. The Morgan fingerprint density at radius 1 is 1.42 bits per heavy atom. The Balaban J connectivity index is 2.03. The summed E-state index contributed by atoms with van der Waals surface area (Å²) < 4.78 is 27.5. The van der Waals surface area contributed by atoms with E-state index in [1.54, 1.807) is 0 Å². The Morgan fingerprint density at radius 2 is 2.16 bits per heavy atom. The molecule has 0 radical (unpaired) electrons. The molecular weight excluding hydrogens is 280 g/mol. The summed E-state index contributed by atoms with van der Waals surface area (Å²) in [6, 6.07) is 0. The van der Waals surface area contributed by atoms with Crippen LogP contribution in [-0.2, 0) is 16.6 Å². The Hall–Kier alpha value is -0.430. The van der Waals surface area contributed by atoms with E-state index in [0.29, 0.717) is 18.0 Å². The third kappa shape index (κ3) is 3.56. The van der Waals surface area contributed by atoms with Gasteiger partial charge in [0.1, 0.15) is 4.90 Å². The van der Waals surface area contributed by atoms with Crippen LogP contribution in [0.1, 0.15) is 36.1 Å². The summed E-state index contributed by atoms with van der Waals surface area (Å²) in [6.45, 7) is 3.01. The lowest BCUT2D eigenvalue weighted by atomic mass is 9.83. The van der Waals surface area contributed by atoms with Gasteiger partial charge in [-0.05, 0) is 37.3 Å². The first-order chi connectivity index (χ1) is 9.04. The predicted octanol–water partition coefficient (Wildman–Crippen LogP) is 2.24. The van der Waals surface area contributed by atoms with E-state index in [9.17, 15) is 8.42 Å². The van der Waals surface area contributed by atoms with Crippen LogP contribution in [-0.4, -0.2) is 22.0 Å². The topological polar surface area (TPSA) is 58.2 Å². The van der Waals surface area contributed by atoms with Gasteiger partial charge >= 0.3 is 0 Å². The van der Waals surface area contributed by atoms with Crippen molar-refractivity contribution in [2.24, 2.45) is 5.92 Å². The second-order valence-electron chi connectivity index (χ2n) is 5.18. The molecule has 6 heteroatoms. The maximum Gasteiger partial charge on any atom is 0.241 e. The first-order valence-corrected chi connectivity index (χ1v) is 9.12. The summed E-state index contributed by atoms with van der Waals surface area (Å²) in [5, 5.41) is 4.93. The fourth-order valence-corrected chi connectivity index (χ4v) is 5.25. The number of aryl methyl sites for hydroxylation is 1. The highest BCUT2D eigenvalue weighted by Gasteiger charge is 2.23. The van der Waals surface area contributed by atoms with Crippen molar-refractivity contribution in [1.29, 1.82) is 0 Å². The molecule has 0 bridgehead atoms. The van der Waals surface area contributed by atoms with E-state index in [1.165, 1.54) is 30.6 Å². The van der Waals surface area contributed by atoms with Crippen LogP contribution < -0.4 is 10.0 Å². The van der Waals surface area contributed by atoms with Gasteiger partial charge < -0.3 is 5.32 Å². The lowest BCUT2D eigenvalue weighted by molar-refractivity contribution is 0.297. The molecule has 0 unspecified atom stereocenters. The van der Waals surface area contributed by atoms with Crippen molar-refractivity contribution in [2.75, 3.05) is 13.6 Å². The van der Waals surface area contributed by atoms with Gasteiger partial charge in [0, 0.05) is 18.0 Å². The van der Waals surface area contributed by atoms with Gasteiger partial charge in [-0.25, -0.2) is 13.1 Å². The third-order valence-corrected chi connectivity index (χ3v) is 6.59. The zero-order valence-corrected chi connectivity index (χ0v) is 13.2. The normalized spacial score (nSPS) is 16.5. The average Bonchev–Trinajstić information content (AvgIpc) is 2.65. The molecule has 0 saturated heterocycles. The molecule has 1 heterocycles. The molecule has 0 amide bonds. The van der Waals surface area contributed by atoms with Crippen molar-refractivity contribution >= 4 is 21.4 Å². The molecule has 108 valence electrons. The molecule has 1 aliphatic carbocycles. The van der Waals surface area contributed by atoms with E-state index in [-0.39, 0.29) is 0 Å². The van der Waals surface area contributed by atoms with Crippen LogP contribution in [0.5, 0.6) is 0 Å². The van der Waals surface area contributed by atoms with Crippen LogP contribution in [0, 0.1) is 12.8 Å². The maximum absolute atomic E-state index is 12.4. The molecule has 19 heavy (non-hydrogen) atoms. The van der Waals surface area contributed by atoms with Crippen molar-refractivity contribution in [3.8, 4) is 0 Å². The summed E-state index contributed by atoms with van der Waals surface area (Å²) in [5.74, 6) is 0.725. The molecule has 1 aliphatic rings. The Labute approximate surface area is 119 Å². The lowest BCUT2D eigenvalue weighted by Crippen LogP contribution is -2.28. The van der Waals surface area contributed by atoms with Gasteiger partial charge in [-0.3, -0.25) is 0 Å². The lowest BCUT2D eigenvalue weighted by Gasteiger charge is -2.25. The third-order valence-electron chi connectivity index (χ3n) is 3.66. The number of nitrogens with one attached hydrogen (secondary N) is 2. The molecule has 2 rings (SSSR count). The monoisotopic (exact) mass is 302 g/mol. The molecule has 0 aliphatic heterocycles. The summed E-state index contributed by atoms with van der Waals surface area (Å²) in [7, 11) is -1.53. The molecule has 0 aromatic carbocycles. The van der Waals surface area contributed by atoms with Gasteiger partial charge in [-0.1, -0.05) is 19.3 Å². The molecular formula is C13H22N2O2S2. The zero-order chi connectivity index (χ0) is 13.9. The largest absolute Gasteiger partial charge is 0.315 e. The standard InChI is InChI=1S/C13H22N2O2S2/c1-10-9-18-12(8-14-2)13(10)19(16,17)15-7-6-11-4-3-5-11/h9,11,14-15H,3-8H2,1-2H3. The van der Waals surface area contributed by atoms with E-state index in [4.69, 9.17) is 0 Å². The van der Waals surface area contributed by atoms with Crippen molar-refractivity contribution in [2.45, 2.75) is 44.0 Å². The molecule has 4 nitrogen and oxygen atoms in total. The van der Waals surface area contributed by atoms with Crippen LogP contribution in [0.15, 0.2) is 10.3 Å². The van der Waals surface area contributed by atoms with Gasteiger partial charge in [-0.15, -0.1) is 11.3 Å². The second kappa shape index (κ2) is 6.35. The molecule has 2 N–H and O–H groups in total. The van der Waals surface area contributed by atoms with Crippen LogP contribution in [0.25, 0.3) is 0 Å². The minimum atomic E-state index is -3.36. The van der Waals surface area contributed by atoms with Crippen LogP contribution >= 0.6 is 11.3 Å². The Bertz CT molecular complexity index is 519. The van der Waals surface area contributed by atoms with Crippen molar-refractivity contribution in [1.82, 2.24) is 10.0 Å². The highest BCUT2D eigenvalue weighted by Crippen LogP contribution is 2.30. The number of rotatable bonds is 7. The maximum atomic E-state index is 12.4. The van der Waals surface area contributed by atoms with E-state index < -0.39 is 10.0 Å². The van der Waals surface area contributed by atoms with Gasteiger partial charge in [0.15, 0.2) is 0 Å². The summed E-state index contributed by atoms with van der Waals surface area (Å²) in [5.41, 5.74) is 0.839. The fourth-order valence-electron chi connectivity index (χ4n) is 2.38. The van der Waals surface area contributed by atoms with Crippen LogP contribution in [0.4, 0.5) is 0 Å². The highest BCUT2D eigenvalue weighted by molar-refractivity contribution is 7.89. The quantitative estimate of drug-likeness (QED) is 0.812. The van der Waals surface area contributed by atoms with Crippen molar-refractivity contribution in [3.63, 3.8) is 0 Å². The van der Waals surface area contributed by atoms with Crippen LogP contribution in [0.3, 0.4) is 0 Å². The first kappa shape index (κ1) is 15.0. The highest BCUT2D eigenvalue weighted by atomic mass is 32.2. The number of sulfonamides is 1. The Kier molecular flexibility index (Phi) is 5.00. The molecule has 1 fully saturated rings. The smallest absolute Gasteiger partial charge is 0.241 e. The summed E-state index contributed by atoms with van der Waals surface area (Å²) >= 11 is 1.50. The van der Waals surface area contributed by atoms with Crippen LogP contribution in [0.2, 0.25) is 0 Å². The van der Waals surface area contributed by atoms with E-state index in [0.717, 1.165) is 22.8 Å². The van der Waals surface area contributed by atoms with Gasteiger partial charge in [0.2, 0.25) is 10.0 Å². The molecule has 1 aromatic rings. The molecule has 0 atom stereocenters. The van der Waals surface area contributed by atoms with E-state index >= 15 is 0 Å². The van der Waals surface area contributed by atoms with Gasteiger partial charge in [0.25, 0.3) is 0 Å². The van der Waals surface area contributed by atoms with E-state index in [1.807, 2.05) is 19.4 Å². The number of hydrogen-bond acceptors (Lipinski definition) is 4. The summed E-state index contributed by atoms with van der Waals surface area (Å²) in [6.07, 6.45) is 4.77. The fraction of sp³-hybridized carbons (Fsp3) is 0.692. The minimum absolute atomic E-state index is 0.473. The second-order valence-corrected chi connectivity index (χ2v) is 7.85. The van der Waals surface area contributed by atoms with Gasteiger partial charge in [-0.2, -0.15) is 0 Å². The molecule has 1 aromatic heterocycles. The molecule has 1 saturated carbocycles. The predicted molar refractivity (Wildman–Crippen MR) is 79.0 cm³/mol. The minimum Gasteiger partial charge on any atom is -0.315 e. The summed E-state index contributed by atoms with van der Waals surface area (Å²) in [4.78, 5) is 1.36. The number of thiophene rings is 1. The van der Waals surface area contributed by atoms with Gasteiger partial charge in [0.05, 0.1) is 0 Å². The Morgan fingerprint density at radius 3 is 2.74 bits per heavy atom.